The van der Waals surface area contributed by atoms with Crippen molar-refractivity contribution in [2.24, 2.45) is 0 Å². The van der Waals surface area contributed by atoms with Gasteiger partial charge in [-0.1, -0.05) is 0 Å². The molecule has 0 amide bonds. The van der Waals surface area contributed by atoms with E-state index in [9.17, 15) is 12.8 Å². The van der Waals surface area contributed by atoms with Crippen LogP contribution < -0.4 is 0 Å². The smallest absolute Gasteiger partial charge is 0.227 e. The quantitative estimate of drug-likeness (QED) is 0.440. The van der Waals surface area contributed by atoms with Gasteiger partial charge in [0.25, 0.3) is 0 Å². The molecule has 0 aliphatic heterocycles. The van der Waals surface area contributed by atoms with Gasteiger partial charge in [0.1, 0.15) is 11.1 Å². The first-order chi connectivity index (χ1) is 4.70. The molecule has 4 nitrogen and oxygen atoms in total. The van der Waals surface area contributed by atoms with Gasteiger partial charge in [-0.15, -0.1) is 0 Å². The molecule has 0 aromatic carbocycles. The molecule has 1 rings (SSSR count). The molecule has 0 fully saturated rings. The highest BCUT2D eigenvalue weighted by Gasteiger charge is 1.96. The molecular formula is C4H2FN2O2S. The van der Waals surface area contributed by atoms with Crippen molar-refractivity contribution >= 4 is 10.7 Å². The SMILES string of the molecule is O=[SH](=O)c1[c]nc(F)nc1. The maximum Gasteiger partial charge on any atom is 0.309 e. The third kappa shape index (κ3) is 1.47. The third-order valence-electron chi connectivity index (χ3n) is 0.753. The first-order valence-corrected chi connectivity index (χ1v) is 3.42. The minimum Gasteiger partial charge on any atom is -0.227 e. The Kier molecular flexibility index (Phi) is 1.91. The maximum atomic E-state index is 11.9. The molecule has 1 heterocycles. The van der Waals surface area contributed by atoms with Crippen molar-refractivity contribution in [1.82, 2.24) is 9.97 Å². The van der Waals surface area contributed by atoms with Crippen LogP contribution >= 0.6 is 0 Å². The lowest BCUT2D eigenvalue weighted by Gasteiger charge is -1.84. The summed E-state index contributed by atoms with van der Waals surface area (Å²) in [7, 11) is -2.76. The molecule has 0 aliphatic carbocycles. The molecule has 6 heteroatoms. The highest BCUT2D eigenvalue weighted by molar-refractivity contribution is 7.72. The third-order valence-corrected chi connectivity index (χ3v) is 1.36. The van der Waals surface area contributed by atoms with Crippen molar-refractivity contribution in [3.8, 4) is 0 Å². The monoisotopic (exact) mass is 161 g/mol. The normalized spacial score (nSPS) is 10.2. The predicted molar refractivity (Wildman–Crippen MR) is 29.4 cm³/mol. The number of nitrogens with zero attached hydrogens (tertiary/aromatic N) is 2. The molecule has 0 N–H and O–H groups in total. The Bertz CT molecular complexity index is 287. The predicted octanol–water partition coefficient (Wildman–Crippen LogP) is -0.614. The summed E-state index contributed by atoms with van der Waals surface area (Å²) >= 11 is 0. The zero-order valence-corrected chi connectivity index (χ0v) is 5.51. The highest BCUT2D eigenvalue weighted by atomic mass is 32.2. The van der Waals surface area contributed by atoms with E-state index in [1.165, 1.54) is 0 Å². The second-order valence-electron chi connectivity index (χ2n) is 1.39. The number of thiol groups is 1. The van der Waals surface area contributed by atoms with Crippen molar-refractivity contribution in [3.63, 3.8) is 0 Å². The second-order valence-corrected chi connectivity index (χ2v) is 2.39. The van der Waals surface area contributed by atoms with E-state index in [1.54, 1.807) is 0 Å². The Morgan fingerprint density at radius 2 is 2.30 bits per heavy atom. The van der Waals surface area contributed by atoms with Crippen LogP contribution in [0.1, 0.15) is 0 Å². The van der Waals surface area contributed by atoms with E-state index >= 15 is 0 Å². The zero-order valence-electron chi connectivity index (χ0n) is 4.61. The zero-order chi connectivity index (χ0) is 7.56. The summed E-state index contributed by atoms with van der Waals surface area (Å²) in [6.07, 6.45) is 1.82. The molecule has 0 bridgehead atoms. The lowest BCUT2D eigenvalue weighted by atomic mass is 10.7. The molecular weight excluding hydrogens is 159 g/mol. The van der Waals surface area contributed by atoms with Gasteiger partial charge in [0.05, 0.1) is 6.20 Å². The first-order valence-electron chi connectivity index (χ1n) is 2.25. The van der Waals surface area contributed by atoms with Crippen LogP contribution in [0.4, 0.5) is 4.39 Å². The fourth-order valence-corrected chi connectivity index (χ4v) is 0.647. The summed E-state index contributed by atoms with van der Waals surface area (Å²) in [5.41, 5.74) is 0. The van der Waals surface area contributed by atoms with Gasteiger partial charge in [0.15, 0.2) is 10.7 Å². The maximum absolute atomic E-state index is 11.9. The number of hydrogen-bond donors (Lipinski definition) is 1. The summed E-state index contributed by atoms with van der Waals surface area (Å²) in [6, 6.07) is 0. The molecule has 10 heavy (non-hydrogen) atoms. The van der Waals surface area contributed by atoms with Gasteiger partial charge in [-0.2, -0.15) is 9.37 Å². The number of rotatable bonds is 1. The molecule has 1 radical (unpaired) electrons. The molecule has 1 aromatic rings. The first kappa shape index (κ1) is 7.07. The average Bonchev–Trinajstić information content (AvgIpc) is 1.88. The van der Waals surface area contributed by atoms with Crippen molar-refractivity contribution in [2.45, 2.75) is 4.90 Å². The molecule has 53 valence electrons. The Morgan fingerprint density at radius 3 is 2.70 bits per heavy atom. The van der Waals surface area contributed by atoms with Gasteiger partial charge in [-0.25, -0.2) is 13.4 Å². The van der Waals surface area contributed by atoms with Gasteiger partial charge in [0.2, 0.25) is 0 Å². The van der Waals surface area contributed by atoms with E-state index in [1.807, 2.05) is 6.20 Å². The summed E-state index contributed by atoms with van der Waals surface area (Å²) in [5, 5.41) is 0. The van der Waals surface area contributed by atoms with E-state index < -0.39 is 16.8 Å². The lowest BCUT2D eigenvalue weighted by Crippen LogP contribution is -1.90. The van der Waals surface area contributed by atoms with Crippen molar-refractivity contribution < 1.29 is 12.8 Å². The summed E-state index contributed by atoms with van der Waals surface area (Å²) in [6.45, 7) is 0. The molecule has 1 aromatic heterocycles. The van der Waals surface area contributed by atoms with Crippen LogP contribution in [0, 0.1) is 12.3 Å². The average molecular weight is 161 g/mol. The molecule has 0 atom stereocenters. The van der Waals surface area contributed by atoms with Gasteiger partial charge >= 0.3 is 6.08 Å². The molecule has 0 unspecified atom stereocenters. The number of aromatic nitrogens is 2. The summed E-state index contributed by atoms with van der Waals surface area (Å²) < 4.78 is 32.1. The highest BCUT2D eigenvalue weighted by Crippen LogP contribution is 1.93. The van der Waals surface area contributed by atoms with Crippen LogP contribution in [0.5, 0.6) is 0 Å². The number of halogens is 1. The van der Waals surface area contributed by atoms with E-state index in [2.05, 4.69) is 9.97 Å². The fourth-order valence-electron chi connectivity index (χ4n) is 0.364. The fraction of sp³-hybridized carbons (Fsp3) is 0. The Hall–Kier alpha value is -1.04. The van der Waals surface area contributed by atoms with Gasteiger partial charge < -0.3 is 0 Å². The lowest BCUT2D eigenvalue weighted by molar-refractivity contribution is 0.532. The summed E-state index contributed by atoms with van der Waals surface area (Å²) in [4.78, 5) is 5.71. The van der Waals surface area contributed by atoms with Crippen LogP contribution in [0.15, 0.2) is 11.1 Å². The van der Waals surface area contributed by atoms with E-state index in [-0.39, 0.29) is 4.90 Å². The number of hydrogen-bond acceptors (Lipinski definition) is 4. The van der Waals surface area contributed by atoms with Gasteiger partial charge in [-0.3, -0.25) is 0 Å². The van der Waals surface area contributed by atoms with Crippen molar-refractivity contribution in [1.29, 1.82) is 0 Å². The van der Waals surface area contributed by atoms with Crippen LogP contribution in [0.3, 0.4) is 0 Å². The van der Waals surface area contributed by atoms with Crippen molar-refractivity contribution in [3.05, 3.63) is 18.5 Å². The van der Waals surface area contributed by atoms with E-state index in [4.69, 9.17) is 0 Å². The van der Waals surface area contributed by atoms with Crippen LogP contribution in [-0.2, 0) is 10.7 Å². The van der Waals surface area contributed by atoms with E-state index in [0.29, 0.717) is 0 Å². The molecule has 0 saturated heterocycles. The topological polar surface area (TPSA) is 59.9 Å². The minimum atomic E-state index is -2.76. The Balaban J connectivity index is 3.12. The Labute approximate surface area is 57.7 Å². The van der Waals surface area contributed by atoms with Gasteiger partial charge in [-0.05, 0) is 0 Å². The minimum absolute atomic E-state index is 0.212. The molecule has 0 spiro atoms. The van der Waals surface area contributed by atoms with Crippen molar-refractivity contribution in [2.75, 3.05) is 0 Å². The van der Waals surface area contributed by atoms with Gasteiger partial charge in [0, 0.05) is 0 Å². The largest absolute Gasteiger partial charge is 0.309 e. The standard InChI is InChI=1S/C4H2FN2O2S/c5-4-6-1-3(2-7-4)10(8)9/h1,10H. The molecule has 0 saturated carbocycles. The second kappa shape index (κ2) is 2.70. The van der Waals surface area contributed by atoms with Crippen LogP contribution in [0.25, 0.3) is 0 Å². The summed E-state index contributed by atoms with van der Waals surface area (Å²) in [5.74, 6) is 0. The van der Waals surface area contributed by atoms with Crippen LogP contribution in [0.2, 0.25) is 0 Å². The molecule has 0 aliphatic rings. The van der Waals surface area contributed by atoms with E-state index in [0.717, 1.165) is 6.20 Å². The van der Waals surface area contributed by atoms with Crippen LogP contribution in [-0.4, -0.2) is 18.4 Å². The Morgan fingerprint density at radius 1 is 1.60 bits per heavy atom.